The number of alkyl halides is 3. The van der Waals surface area contributed by atoms with Crippen LogP contribution in [-0.4, -0.2) is 78.8 Å². The van der Waals surface area contributed by atoms with E-state index >= 15 is 0 Å². The van der Waals surface area contributed by atoms with Crippen LogP contribution in [0.3, 0.4) is 0 Å². The summed E-state index contributed by atoms with van der Waals surface area (Å²) in [5.74, 6) is -2.02. The summed E-state index contributed by atoms with van der Waals surface area (Å²) >= 11 is 6.26. The maximum Gasteiger partial charge on any atom is 0.527 e. The van der Waals surface area contributed by atoms with E-state index in [4.69, 9.17) is 30.1 Å². The Morgan fingerprint density at radius 2 is 1.77 bits per heavy atom. The predicted molar refractivity (Wildman–Crippen MR) is 242 cm³/mol. The largest absolute Gasteiger partial charge is 0.527 e. The number of pyridine rings is 1. The number of aromatic nitrogens is 1. The smallest absolute Gasteiger partial charge is 0.493 e. The molecule has 4 aromatic rings. The molecule has 3 aliphatic rings. The molecule has 11 nitrogen and oxygen atoms in total. The van der Waals surface area contributed by atoms with Crippen molar-refractivity contribution >= 4 is 37.0 Å². The summed E-state index contributed by atoms with van der Waals surface area (Å²) in [4.78, 5) is 45.5. The highest BCUT2D eigenvalue weighted by Gasteiger charge is 2.60. The van der Waals surface area contributed by atoms with Gasteiger partial charge in [-0.3, -0.25) is 24.1 Å². The average Bonchev–Trinajstić information content (AvgIpc) is 3.55. The average molecular weight is 940 g/mol. The second-order valence-electron chi connectivity index (χ2n) is 18.1. The number of phosphoric acid groups is 1. The number of esters is 1. The third-order valence-corrected chi connectivity index (χ3v) is 14.9. The molecule has 0 bridgehead atoms. The maximum atomic E-state index is 14.5. The third-order valence-electron chi connectivity index (χ3n) is 13.7. The van der Waals surface area contributed by atoms with Gasteiger partial charge in [-0.05, 0) is 148 Å². The van der Waals surface area contributed by atoms with Crippen molar-refractivity contribution < 1.29 is 50.7 Å². The summed E-state index contributed by atoms with van der Waals surface area (Å²) in [6.45, 7) is 5.73. The Hall–Kier alpha value is -4.46. The van der Waals surface area contributed by atoms with E-state index in [-0.39, 0.29) is 60.6 Å². The van der Waals surface area contributed by atoms with Crippen LogP contribution in [0, 0.1) is 11.8 Å². The molecule has 16 heteroatoms. The quantitative estimate of drug-likeness (QED) is 0.0807. The number of methoxy groups -OCH3 is 1. The Kier molecular flexibility index (Phi) is 15.1. The van der Waals surface area contributed by atoms with E-state index < -0.39 is 36.8 Å². The molecule has 0 radical (unpaired) electrons. The van der Waals surface area contributed by atoms with E-state index in [1.807, 2.05) is 54.4 Å². The molecule has 1 N–H and O–H groups in total. The Morgan fingerprint density at radius 1 is 1.02 bits per heavy atom. The number of likely N-dealkylation sites (N-methyl/N-ethyl adjacent to an activating group) is 1. The van der Waals surface area contributed by atoms with Gasteiger partial charge in [0.15, 0.2) is 0 Å². The van der Waals surface area contributed by atoms with Crippen molar-refractivity contribution in [3.05, 3.63) is 118 Å². The molecule has 7 rings (SSSR count). The second-order valence-corrected chi connectivity index (χ2v) is 19.9. The van der Waals surface area contributed by atoms with E-state index in [9.17, 15) is 32.2 Å². The van der Waals surface area contributed by atoms with Gasteiger partial charge in [0, 0.05) is 41.3 Å². The first-order valence-corrected chi connectivity index (χ1v) is 24.2. The van der Waals surface area contributed by atoms with Crippen LogP contribution in [0.1, 0.15) is 92.7 Å². The molecule has 1 amide bonds. The highest BCUT2D eigenvalue weighted by atomic mass is 35.5. The lowest BCUT2D eigenvalue weighted by atomic mass is 9.59. The number of fused-ring (bicyclic) bond motifs is 3. The number of benzene rings is 3. The van der Waals surface area contributed by atoms with E-state index in [1.165, 1.54) is 29.8 Å². The van der Waals surface area contributed by atoms with Gasteiger partial charge in [0.05, 0.1) is 20.3 Å². The molecule has 1 saturated carbocycles. The van der Waals surface area contributed by atoms with Crippen LogP contribution in [0.25, 0.3) is 0 Å². The van der Waals surface area contributed by atoms with Crippen LogP contribution in [0.15, 0.2) is 85.1 Å². The molecular weight excluding hydrogens is 882 g/mol. The Balaban J connectivity index is 1.15. The number of carbonyl (C=O) groups is 2. The molecule has 0 aliphatic heterocycles. The molecule has 1 fully saturated rings. The van der Waals surface area contributed by atoms with E-state index in [1.54, 1.807) is 18.3 Å². The zero-order chi connectivity index (χ0) is 46.6. The second kappa shape index (κ2) is 20.2. The molecule has 65 heavy (non-hydrogen) atoms. The summed E-state index contributed by atoms with van der Waals surface area (Å²) in [5, 5.41) is 0.0882. The van der Waals surface area contributed by atoms with E-state index in [0.717, 1.165) is 60.9 Å². The van der Waals surface area contributed by atoms with Crippen LogP contribution in [0.5, 0.6) is 11.5 Å². The van der Waals surface area contributed by atoms with Crippen molar-refractivity contribution in [3.8, 4) is 11.5 Å². The fraction of sp³-hybridized carbons (Fsp3) is 0.490. The molecule has 350 valence electrons. The highest BCUT2D eigenvalue weighted by Crippen LogP contribution is 2.58. The summed E-state index contributed by atoms with van der Waals surface area (Å²) in [6, 6.07) is 22.6. The van der Waals surface area contributed by atoms with Crippen molar-refractivity contribution in [1.29, 1.82) is 0 Å². The molecule has 3 aromatic carbocycles. The van der Waals surface area contributed by atoms with Crippen LogP contribution >= 0.6 is 19.4 Å². The third kappa shape index (κ3) is 10.9. The van der Waals surface area contributed by atoms with Gasteiger partial charge in [0.1, 0.15) is 17.0 Å². The van der Waals surface area contributed by atoms with Gasteiger partial charge in [-0.1, -0.05) is 67.9 Å². The molecule has 1 aromatic heterocycles. The summed E-state index contributed by atoms with van der Waals surface area (Å²) < 4.78 is 79.8. The predicted octanol–water partition coefficient (Wildman–Crippen LogP) is 10.4. The Morgan fingerprint density at radius 3 is 2.48 bits per heavy atom. The number of rotatable bonds is 17. The highest BCUT2D eigenvalue weighted by molar-refractivity contribution is 7.47. The van der Waals surface area contributed by atoms with Crippen LogP contribution in [0.2, 0.25) is 5.02 Å². The molecule has 3 aliphatic carbocycles. The number of nitrogens with zero attached hydrogens (tertiary/aromatic N) is 3. The first-order valence-electron chi connectivity index (χ1n) is 22.3. The van der Waals surface area contributed by atoms with Gasteiger partial charge in [0.2, 0.25) is 0 Å². The summed E-state index contributed by atoms with van der Waals surface area (Å²) in [7, 11) is -1.60. The van der Waals surface area contributed by atoms with Crippen LogP contribution in [0.4, 0.5) is 18.9 Å². The Labute approximate surface area is 384 Å². The van der Waals surface area contributed by atoms with Crippen LogP contribution < -0.4 is 14.2 Å². The maximum absolute atomic E-state index is 14.5. The lowest BCUT2D eigenvalue weighted by Gasteiger charge is -2.51. The van der Waals surface area contributed by atoms with Crippen molar-refractivity contribution in [1.82, 2.24) is 9.88 Å². The van der Waals surface area contributed by atoms with Gasteiger partial charge in [-0.2, -0.15) is 13.2 Å². The fourth-order valence-corrected chi connectivity index (χ4v) is 11.4. The first kappa shape index (κ1) is 48.5. The molecule has 0 saturated heterocycles. The first-order chi connectivity index (χ1) is 30.9. The van der Waals surface area contributed by atoms with Gasteiger partial charge in [0.25, 0.3) is 0 Å². The van der Waals surface area contributed by atoms with Crippen molar-refractivity contribution in [3.63, 3.8) is 0 Å². The van der Waals surface area contributed by atoms with Crippen molar-refractivity contribution in [2.45, 2.75) is 101 Å². The minimum absolute atomic E-state index is 0.0172. The standard InChI is InChI=1S/C49H58ClF3N3O8P/c1-33(32-62-43-18-24-54-42-15-8-10-34(2)44(42)43)28-37-29-36-16-17-40(64-65(59,60)63-27-26-55(3)25-19-35-11-6-5-7-12-35)31-41(36)47(37)20-22-48(23-21-47,46(58)61-4)56(45(57)49(51,52)53)39-14-9-13-38(50)30-39/h5-7,9,11-14,16-18,24,30-31,33-34,37H,8,10,15,19-23,25-29,32H2,1-4H3,(H,59,60)/t33-,34-,37+,47?,48?/m1/s1. The Bertz CT molecular complexity index is 2360. The minimum atomic E-state index is -5.33. The van der Waals surface area contributed by atoms with Crippen molar-refractivity contribution in [2.75, 3.05) is 45.4 Å². The van der Waals surface area contributed by atoms with Crippen molar-refractivity contribution in [2.24, 2.45) is 11.8 Å². The number of halogens is 4. The van der Waals surface area contributed by atoms with Gasteiger partial charge < -0.3 is 18.9 Å². The van der Waals surface area contributed by atoms with E-state index in [2.05, 4.69) is 18.8 Å². The number of carbonyl (C=O) groups excluding carboxylic acids is 2. The van der Waals surface area contributed by atoms with Crippen LogP contribution in [-0.2, 0) is 48.1 Å². The SMILES string of the molecule is COC(=O)C1(N(C(=O)C(F)(F)F)c2cccc(Cl)c2)CCC2(CC1)c1cc(OP(=O)(O)OCCN(C)CCc3ccccc3)ccc1C[C@@H]2C[C@@H](C)COc1ccnc2c1[C@H](C)CCC2. The summed E-state index contributed by atoms with van der Waals surface area (Å²) in [6.07, 6.45) is 1.53. The zero-order valence-corrected chi connectivity index (χ0v) is 39.0. The molecule has 1 spiro atoms. The fourth-order valence-electron chi connectivity index (χ4n) is 10.4. The van der Waals surface area contributed by atoms with E-state index in [0.29, 0.717) is 43.4 Å². The number of hydrogen-bond acceptors (Lipinski definition) is 9. The number of ether oxygens (including phenoxy) is 2. The molecule has 1 heterocycles. The molecule has 4 atom stereocenters. The number of anilines is 1. The lowest BCUT2D eigenvalue weighted by molar-refractivity contribution is -0.174. The number of hydrogen-bond donors (Lipinski definition) is 1. The zero-order valence-electron chi connectivity index (χ0n) is 37.3. The van der Waals surface area contributed by atoms with Gasteiger partial charge in [-0.25, -0.2) is 9.36 Å². The number of phosphoric ester groups is 1. The molecule has 1 unspecified atom stereocenters. The van der Waals surface area contributed by atoms with Gasteiger partial charge in [-0.15, -0.1) is 0 Å². The molecular formula is C49H58ClF3N3O8P. The topological polar surface area (TPSA) is 128 Å². The monoisotopic (exact) mass is 939 g/mol. The minimum Gasteiger partial charge on any atom is -0.493 e. The normalized spacial score (nSPS) is 23.0. The summed E-state index contributed by atoms with van der Waals surface area (Å²) in [5.41, 5.74) is 2.18. The number of aryl methyl sites for hydroxylation is 1. The van der Waals surface area contributed by atoms with Gasteiger partial charge >= 0.3 is 25.9 Å². The number of amides is 1. The lowest BCUT2D eigenvalue weighted by Crippen LogP contribution is -2.63.